The van der Waals surface area contributed by atoms with Crippen molar-refractivity contribution in [1.82, 2.24) is 10.2 Å². The number of benzene rings is 1. The van der Waals surface area contributed by atoms with Gasteiger partial charge in [-0.05, 0) is 23.0 Å². The van der Waals surface area contributed by atoms with Crippen LogP contribution in [0.2, 0.25) is 0 Å². The highest BCUT2D eigenvalue weighted by Crippen LogP contribution is 2.58. The molecule has 3 rings (SSSR count). The van der Waals surface area contributed by atoms with E-state index in [9.17, 15) is 19.5 Å². The normalized spacial score (nSPS) is 24.2. The monoisotopic (exact) mass is 344 g/mol. The zero-order valence-electron chi connectivity index (χ0n) is 14.6. The molecule has 0 unspecified atom stereocenters. The smallest absolute Gasteiger partial charge is 0.307 e. The van der Waals surface area contributed by atoms with Gasteiger partial charge in [0.05, 0.1) is 11.8 Å². The molecule has 25 heavy (non-hydrogen) atoms. The quantitative estimate of drug-likeness (QED) is 0.824. The third kappa shape index (κ3) is 3.38. The molecule has 0 spiro atoms. The van der Waals surface area contributed by atoms with Crippen molar-refractivity contribution < 1.29 is 19.5 Å². The largest absolute Gasteiger partial charge is 0.481 e. The molecule has 2 fully saturated rings. The van der Waals surface area contributed by atoms with E-state index in [1.54, 1.807) is 0 Å². The predicted octanol–water partition coefficient (Wildman–Crippen LogP) is 1.78. The van der Waals surface area contributed by atoms with Crippen LogP contribution < -0.4 is 5.32 Å². The van der Waals surface area contributed by atoms with Crippen LogP contribution in [-0.4, -0.2) is 34.3 Å². The van der Waals surface area contributed by atoms with E-state index in [2.05, 4.69) is 5.32 Å². The van der Waals surface area contributed by atoms with E-state index in [1.807, 2.05) is 43.0 Å². The summed E-state index contributed by atoms with van der Waals surface area (Å²) >= 11 is 0. The summed E-state index contributed by atoms with van der Waals surface area (Å²) in [6.45, 7) is 5.29. The van der Waals surface area contributed by atoms with E-state index < -0.39 is 23.2 Å². The lowest BCUT2D eigenvalue weighted by atomic mass is 10.1. The molecule has 6 nitrogen and oxygen atoms in total. The Balaban J connectivity index is 1.63. The van der Waals surface area contributed by atoms with Gasteiger partial charge in [-0.3, -0.25) is 14.4 Å². The number of carbonyl (C=O) groups is 3. The number of amides is 2. The molecule has 2 N–H and O–H groups in total. The zero-order valence-corrected chi connectivity index (χ0v) is 14.6. The second kappa shape index (κ2) is 6.50. The van der Waals surface area contributed by atoms with Crippen molar-refractivity contribution in [3.63, 3.8) is 0 Å². The number of carbonyl (C=O) groups excluding carboxylic acids is 2. The summed E-state index contributed by atoms with van der Waals surface area (Å²) in [7, 11) is 0. The third-order valence-corrected chi connectivity index (χ3v) is 5.48. The Morgan fingerprint density at radius 3 is 2.48 bits per heavy atom. The Hall–Kier alpha value is -2.37. The molecule has 0 bridgehead atoms. The van der Waals surface area contributed by atoms with Gasteiger partial charge in [0.15, 0.2) is 0 Å². The lowest BCUT2D eigenvalue weighted by molar-refractivity contribution is -0.140. The highest BCUT2D eigenvalue weighted by molar-refractivity contribution is 5.91. The topological polar surface area (TPSA) is 86.7 Å². The third-order valence-electron chi connectivity index (χ3n) is 5.48. The summed E-state index contributed by atoms with van der Waals surface area (Å²) < 4.78 is 0. The van der Waals surface area contributed by atoms with Crippen LogP contribution in [0.5, 0.6) is 0 Å². The summed E-state index contributed by atoms with van der Waals surface area (Å²) in [5.41, 5.74) is 1.47. The van der Waals surface area contributed by atoms with E-state index in [0.717, 1.165) is 24.1 Å². The number of likely N-dealkylation sites (tertiary alicyclic amines) is 1. The lowest BCUT2D eigenvalue weighted by Gasteiger charge is -2.18. The number of rotatable bonds is 6. The Morgan fingerprint density at radius 1 is 1.24 bits per heavy atom. The Bertz CT molecular complexity index is 713. The first-order chi connectivity index (χ1) is 11.8. The number of hydrogen-bond acceptors (Lipinski definition) is 3. The molecule has 1 aromatic carbocycles. The first-order valence-corrected chi connectivity index (χ1v) is 8.67. The fourth-order valence-corrected chi connectivity index (χ4v) is 3.84. The first-order valence-electron chi connectivity index (χ1n) is 8.67. The molecule has 0 radical (unpaired) electrons. The predicted molar refractivity (Wildman–Crippen MR) is 91.3 cm³/mol. The highest BCUT2D eigenvalue weighted by Gasteiger charge is 2.65. The van der Waals surface area contributed by atoms with Gasteiger partial charge in [-0.15, -0.1) is 0 Å². The van der Waals surface area contributed by atoms with Crippen molar-refractivity contribution in [1.29, 1.82) is 0 Å². The maximum absolute atomic E-state index is 12.4. The molecule has 1 aliphatic heterocycles. The molecule has 6 heteroatoms. The fraction of sp³-hybridized carbons (Fsp3) is 0.526. The van der Waals surface area contributed by atoms with E-state index in [1.165, 1.54) is 0 Å². The van der Waals surface area contributed by atoms with Crippen LogP contribution in [0.4, 0.5) is 0 Å². The van der Waals surface area contributed by atoms with Crippen molar-refractivity contribution in [2.24, 2.45) is 17.3 Å². The van der Waals surface area contributed by atoms with E-state index in [0.29, 0.717) is 19.5 Å². The minimum atomic E-state index is -0.918. The van der Waals surface area contributed by atoms with Crippen LogP contribution in [-0.2, 0) is 27.5 Å². The van der Waals surface area contributed by atoms with Gasteiger partial charge in [0, 0.05) is 26.1 Å². The van der Waals surface area contributed by atoms with E-state index in [4.69, 9.17) is 0 Å². The number of nitrogens with zero attached hydrogens (tertiary/aromatic N) is 1. The van der Waals surface area contributed by atoms with E-state index >= 15 is 0 Å². The molecule has 1 aromatic rings. The minimum absolute atomic E-state index is 0.169. The average Bonchev–Trinajstić information content (AvgIpc) is 2.93. The van der Waals surface area contributed by atoms with Crippen molar-refractivity contribution in [2.45, 2.75) is 39.8 Å². The molecule has 2 aliphatic rings. The minimum Gasteiger partial charge on any atom is -0.481 e. The van der Waals surface area contributed by atoms with Gasteiger partial charge in [-0.1, -0.05) is 38.1 Å². The van der Waals surface area contributed by atoms with Crippen LogP contribution in [0.1, 0.15) is 37.8 Å². The van der Waals surface area contributed by atoms with Crippen LogP contribution in [0, 0.1) is 17.3 Å². The fourth-order valence-electron chi connectivity index (χ4n) is 3.84. The molecule has 2 amide bonds. The van der Waals surface area contributed by atoms with Crippen molar-refractivity contribution in [3.8, 4) is 0 Å². The second-order valence-corrected chi connectivity index (χ2v) is 7.52. The zero-order chi connectivity index (χ0) is 18.2. The molecule has 2 atom stereocenters. The number of nitrogens with one attached hydrogen (secondary N) is 1. The van der Waals surface area contributed by atoms with Crippen LogP contribution in [0.3, 0.4) is 0 Å². The van der Waals surface area contributed by atoms with Gasteiger partial charge in [0.2, 0.25) is 11.8 Å². The average molecular weight is 344 g/mol. The summed E-state index contributed by atoms with van der Waals surface area (Å²) in [6, 6.07) is 7.72. The summed E-state index contributed by atoms with van der Waals surface area (Å²) in [5, 5.41) is 12.1. The molecule has 1 saturated heterocycles. The first kappa shape index (κ1) is 17.5. The highest BCUT2D eigenvalue weighted by atomic mass is 16.4. The van der Waals surface area contributed by atoms with Crippen molar-refractivity contribution in [2.75, 3.05) is 6.54 Å². The van der Waals surface area contributed by atoms with Gasteiger partial charge in [-0.25, -0.2) is 0 Å². The number of aliphatic carboxylic acids is 1. The Kier molecular flexibility index (Phi) is 4.54. The summed E-state index contributed by atoms with van der Waals surface area (Å²) in [5.74, 6) is -2.08. The number of carboxylic acid groups (broad SMARTS) is 1. The molecule has 1 heterocycles. The molecule has 0 aromatic heterocycles. The molecule has 1 aliphatic carbocycles. The molecule has 134 valence electrons. The van der Waals surface area contributed by atoms with Crippen LogP contribution in [0.25, 0.3) is 0 Å². The maximum Gasteiger partial charge on any atom is 0.307 e. The van der Waals surface area contributed by atoms with Crippen LogP contribution >= 0.6 is 0 Å². The Labute approximate surface area is 147 Å². The van der Waals surface area contributed by atoms with Crippen molar-refractivity contribution in [3.05, 3.63) is 35.4 Å². The van der Waals surface area contributed by atoms with E-state index in [-0.39, 0.29) is 11.8 Å². The molecule has 1 saturated carbocycles. The standard InChI is InChI=1S/C19H24N2O4/c1-19(2)15(16(19)18(24)25)17(23)20-10-12-6-3-4-7-13(12)11-21-9-5-8-14(21)22/h3-4,6-7,15-16H,5,8-11H2,1-2H3,(H,20,23)(H,24,25)/t15-,16+/m1/s1. The Morgan fingerprint density at radius 2 is 1.92 bits per heavy atom. The van der Waals surface area contributed by atoms with Gasteiger partial charge in [0.25, 0.3) is 0 Å². The number of carboxylic acids is 1. The number of hydrogen-bond donors (Lipinski definition) is 2. The van der Waals surface area contributed by atoms with Gasteiger partial charge in [-0.2, -0.15) is 0 Å². The van der Waals surface area contributed by atoms with Gasteiger partial charge >= 0.3 is 5.97 Å². The van der Waals surface area contributed by atoms with Crippen LogP contribution in [0.15, 0.2) is 24.3 Å². The summed E-state index contributed by atoms with van der Waals surface area (Å²) in [6.07, 6.45) is 1.50. The lowest BCUT2D eigenvalue weighted by Crippen LogP contribution is -2.28. The molecular formula is C19H24N2O4. The second-order valence-electron chi connectivity index (χ2n) is 7.52. The van der Waals surface area contributed by atoms with Crippen molar-refractivity contribution >= 4 is 17.8 Å². The molecular weight excluding hydrogens is 320 g/mol. The maximum atomic E-state index is 12.4. The SMILES string of the molecule is CC1(C)[C@H](C(=O)O)[C@@H]1C(=O)NCc1ccccc1CN1CCCC1=O. The van der Waals surface area contributed by atoms with Gasteiger partial charge < -0.3 is 15.3 Å². The summed E-state index contributed by atoms with van der Waals surface area (Å²) in [4.78, 5) is 37.3. The van der Waals surface area contributed by atoms with Gasteiger partial charge in [0.1, 0.15) is 0 Å².